The van der Waals surface area contributed by atoms with Gasteiger partial charge in [0, 0.05) is 5.56 Å². The molecule has 0 heterocycles. The Morgan fingerprint density at radius 3 is 2.13 bits per heavy atom. The third-order valence-corrected chi connectivity index (χ3v) is 5.96. The number of halogens is 4. The van der Waals surface area contributed by atoms with Crippen LogP contribution in [0.3, 0.4) is 0 Å². The highest BCUT2D eigenvalue weighted by atomic mass is 19.2. The van der Waals surface area contributed by atoms with Crippen LogP contribution in [0.25, 0.3) is 11.7 Å². The minimum absolute atomic E-state index is 0.00427. The average Bonchev–Trinajstić information content (AvgIpc) is 2.77. The second-order valence-corrected chi connectivity index (χ2v) is 7.93. The van der Waals surface area contributed by atoms with Crippen molar-refractivity contribution < 1.29 is 22.3 Å². The lowest BCUT2D eigenvalue weighted by molar-refractivity contribution is 0.308. The molecule has 0 spiro atoms. The van der Waals surface area contributed by atoms with Crippen molar-refractivity contribution in [1.29, 1.82) is 0 Å². The smallest absolute Gasteiger partial charge is 0.201 e. The maximum absolute atomic E-state index is 14.7. The zero-order valence-corrected chi connectivity index (χ0v) is 17.5. The summed E-state index contributed by atoms with van der Waals surface area (Å²) >= 11 is 0. The first kappa shape index (κ1) is 22.4. The lowest BCUT2D eigenvalue weighted by Gasteiger charge is -2.28. The summed E-state index contributed by atoms with van der Waals surface area (Å²) in [6, 6.07) is 8.71. The number of hydrogen-bond acceptors (Lipinski definition) is 1. The first-order valence-corrected chi connectivity index (χ1v) is 10.7. The Morgan fingerprint density at radius 2 is 1.53 bits per heavy atom. The predicted octanol–water partition coefficient (Wildman–Crippen LogP) is 8.20. The zero-order valence-electron chi connectivity index (χ0n) is 17.5. The summed E-state index contributed by atoms with van der Waals surface area (Å²) in [5.41, 5.74) is 0.358. The van der Waals surface area contributed by atoms with Crippen LogP contribution in [0.15, 0.2) is 36.4 Å². The third-order valence-electron chi connectivity index (χ3n) is 5.96. The standard InChI is InChI=1S/C25H28F4O/c1-3-5-16-6-8-17(9-7-16)18-10-12-19(13-11-18)22(26)23(27)20-14-15-21(30-4-2)25(29)24(20)28/h10-17H,3-9H2,1-2H3/b23-22-. The van der Waals surface area contributed by atoms with Crippen molar-refractivity contribution in [1.82, 2.24) is 0 Å². The normalized spacial score (nSPS) is 20.1. The Morgan fingerprint density at radius 1 is 0.867 bits per heavy atom. The van der Waals surface area contributed by atoms with Crippen molar-refractivity contribution in [2.45, 2.75) is 58.3 Å². The molecule has 2 aromatic carbocycles. The summed E-state index contributed by atoms with van der Waals surface area (Å²) in [7, 11) is 0. The Labute approximate surface area is 175 Å². The Hall–Kier alpha value is -2.30. The van der Waals surface area contributed by atoms with Crippen molar-refractivity contribution in [2.24, 2.45) is 5.92 Å². The van der Waals surface area contributed by atoms with E-state index in [2.05, 4.69) is 6.92 Å². The first-order valence-electron chi connectivity index (χ1n) is 10.7. The molecule has 1 aliphatic carbocycles. The molecule has 0 aliphatic heterocycles. The second-order valence-electron chi connectivity index (χ2n) is 7.93. The number of rotatable bonds is 7. The minimum atomic E-state index is -1.46. The van der Waals surface area contributed by atoms with E-state index in [1.807, 2.05) is 12.1 Å². The summed E-state index contributed by atoms with van der Waals surface area (Å²) in [5.74, 6) is -4.53. The monoisotopic (exact) mass is 420 g/mol. The molecular formula is C25H28F4O. The lowest BCUT2D eigenvalue weighted by atomic mass is 9.77. The highest BCUT2D eigenvalue weighted by Gasteiger charge is 2.23. The average molecular weight is 420 g/mol. The van der Waals surface area contributed by atoms with E-state index in [0.29, 0.717) is 5.92 Å². The molecule has 0 saturated heterocycles. The fourth-order valence-corrected chi connectivity index (χ4v) is 4.31. The van der Waals surface area contributed by atoms with Gasteiger partial charge in [0.05, 0.1) is 12.2 Å². The maximum Gasteiger partial charge on any atom is 0.201 e. The molecule has 162 valence electrons. The van der Waals surface area contributed by atoms with Crippen LogP contribution in [0.2, 0.25) is 0 Å². The maximum atomic E-state index is 14.7. The molecule has 0 atom stereocenters. The molecule has 30 heavy (non-hydrogen) atoms. The summed E-state index contributed by atoms with van der Waals surface area (Å²) in [5, 5.41) is 0. The molecule has 0 bridgehead atoms. The van der Waals surface area contributed by atoms with E-state index < -0.39 is 28.9 Å². The van der Waals surface area contributed by atoms with E-state index in [-0.39, 0.29) is 17.9 Å². The van der Waals surface area contributed by atoms with Gasteiger partial charge in [-0.3, -0.25) is 0 Å². The van der Waals surface area contributed by atoms with Crippen molar-refractivity contribution in [2.75, 3.05) is 6.61 Å². The van der Waals surface area contributed by atoms with Gasteiger partial charge >= 0.3 is 0 Å². The third kappa shape index (κ3) is 4.88. The van der Waals surface area contributed by atoms with Crippen LogP contribution >= 0.6 is 0 Å². The molecular weight excluding hydrogens is 392 g/mol. The highest BCUT2D eigenvalue weighted by Crippen LogP contribution is 2.38. The van der Waals surface area contributed by atoms with Crippen molar-refractivity contribution in [3.8, 4) is 5.75 Å². The van der Waals surface area contributed by atoms with Crippen molar-refractivity contribution in [3.05, 3.63) is 64.7 Å². The van der Waals surface area contributed by atoms with Crippen LogP contribution in [0.1, 0.15) is 75.0 Å². The van der Waals surface area contributed by atoms with Crippen molar-refractivity contribution >= 4 is 11.7 Å². The van der Waals surface area contributed by atoms with Gasteiger partial charge in [0.25, 0.3) is 0 Å². The van der Waals surface area contributed by atoms with E-state index in [4.69, 9.17) is 4.74 Å². The highest BCUT2D eigenvalue weighted by molar-refractivity contribution is 5.83. The van der Waals surface area contributed by atoms with Gasteiger partial charge in [0.15, 0.2) is 23.2 Å². The van der Waals surface area contributed by atoms with Gasteiger partial charge in [-0.2, -0.15) is 4.39 Å². The Balaban J connectivity index is 1.77. The predicted molar refractivity (Wildman–Crippen MR) is 113 cm³/mol. The molecule has 0 amide bonds. The van der Waals surface area contributed by atoms with E-state index in [0.717, 1.165) is 36.5 Å². The molecule has 1 fully saturated rings. The van der Waals surface area contributed by atoms with Gasteiger partial charge in [-0.05, 0) is 62.1 Å². The molecule has 1 nitrogen and oxygen atoms in total. The fraction of sp³-hybridized carbons (Fsp3) is 0.440. The van der Waals surface area contributed by atoms with Crippen LogP contribution in [0.5, 0.6) is 5.75 Å². The Kier molecular flexibility index (Phi) is 7.57. The van der Waals surface area contributed by atoms with Gasteiger partial charge in [0.1, 0.15) is 0 Å². The molecule has 1 aliphatic rings. The van der Waals surface area contributed by atoms with Crippen molar-refractivity contribution in [3.63, 3.8) is 0 Å². The van der Waals surface area contributed by atoms with Gasteiger partial charge in [-0.1, -0.05) is 44.0 Å². The topological polar surface area (TPSA) is 9.23 Å². The van der Waals surface area contributed by atoms with Gasteiger partial charge < -0.3 is 4.74 Å². The minimum Gasteiger partial charge on any atom is -0.491 e. The largest absolute Gasteiger partial charge is 0.491 e. The van der Waals surface area contributed by atoms with Crippen LogP contribution in [-0.4, -0.2) is 6.61 Å². The molecule has 0 unspecified atom stereocenters. The van der Waals surface area contributed by atoms with Gasteiger partial charge in [0.2, 0.25) is 5.82 Å². The zero-order chi connectivity index (χ0) is 21.7. The molecule has 0 N–H and O–H groups in total. The number of benzene rings is 2. The molecule has 0 radical (unpaired) electrons. The van der Waals surface area contributed by atoms with Crippen LogP contribution in [-0.2, 0) is 0 Å². The van der Waals surface area contributed by atoms with E-state index >= 15 is 0 Å². The first-order chi connectivity index (χ1) is 14.5. The molecule has 2 aromatic rings. The van der Waals surface area contributed by atoms with E-state index in [9.17, 15) is 17.6 Å². The molecule has 0 aromatic heterocycles. The quantitative estimate of drug-likeness (QED) is 0.324. The van der Waals surface area contributed by atoms with E-state index in [1.165, 1.54) is 37.8 Å². The molecule has 1 saturated carbocycles. The fourth-order valence-electron chi connectivity index (χ4n) is 4.31. The molecule has 3 rings (SSSR count). The summed E-state index contributed by atoms with van der Waals surface area (Å²) < 4.78 is 62.4. The lowest BCUT2D eigenvalue weighted by Crippen LogP contribution is -2.13. The van der Waals surface area contributed by atoms with Gasteiger partial charge in [-0.25, -0.2) is 13.2 Å². The summed E-state index contributed by atoms with van der Waals surface area (Å²) in [4.78, 5) is 0. The molecule has 5 heteroatoms. The summed E-state index contributed by atoms with van der Waals surface area (Å²) in [6.45, 7) is 3.96. The van der Waals surface area contributed by atoms with Crippen LogP contribution in [0, 0.1) is 17.6 Å². The SMILES string of the molecule is CCCC1CCC(c2ccc(/C(F)=C(/F)c3ccc(OCC)c(F)c3F)cc2)CC1. The second kappa shape index (κ2) is 10.1. The number of hydrogen-bond donors (Lipinski definition) is 0. The van der Waals surface area contributed by atoms with Crippen LogP contribution in [0.4, 0.5) is 17.6 Å². The van der Waals surface area contributed by atoms with Gasteiger partial charge in [-0.15, -0.1) is 0 Å². The van der Waals surface area contributed by atoms with E-state index in [1.54, 1.807) is 6.92 Å². The summed E-state index contributed by atoms with van der Waals surface area (Å²) in [6.07, 6.45) is 7.09. The van der Waals surface area contributed by atoms with Crippen LogP contribution < -0.4 is 4.74 Å². The number of ether oxygens (including phenoxy) is 1. The Bertz CT molecular complexity index is 881.